The molecule has 0 fully saturated rings. The van der Waals surface area contributed by atoms with Gasteiger partial charge in [0.15, 0.2) is 0 Å². The van der Waals surface area contributed by atoms with E-state index in [4.69, 9.17) is 14.2 Å². The minimum atomic E-state index is -1.38. The van der Waals surface area contributed by atoms with Crippen LogP contribution in [0.3, 0.4) is 0 Å². The van der Waals surface area contributed by atoms with Crippen molar-refractivity contribution >= 4 is 23.7 Å². The third-order valence-corrected chi connectivity index (χ3v) is 3.03. The number of benzene rings is 1. The summed E-state index contributed by atoms with van der Waals surface area (Å²) in [5.41, 5.74) is -1.78. The van der Waals surface area contributed by atoms with Gasteiger partial charge in [0.05, 0.1) is 11.3 Å². The third-order valence-electron chi connectivity index (χ3n) is 3.03. The first-order valence-electron chi connectivity index (χ1n) is 8.84. The number of ether oxygens (including phenoxy) is 3. The largest absolute Gasteiger partial charge is 0.460 e. The van der Waals surface area contributed by atoms with Crippen molar-refractivity contribution in [2.45, 2.75) is 65.2 Å². The number of esters is 2. The van der Waals surface area contributed by atoms with Gasteiger partial charge in [0.25, 0.3) is 5.69 Å². The maximum Gasteiger partial charge on any atom is 0.408 e. The molecule has 0 aliphatic rings. The number of nitro groups is 1. The number of amides is 1. The van der Waals surface area contributed by atoms with Gasteiger partial charge in [-0.05, 0) is 53.7 Å². The van der Waals surface area contributed by atoms with E-state index in [-0.39, 0.29) is 11.4 Å². The fourth-order valence-electron chi connectivity index (χ4n) is 2.02. The van der Waals surface area contributed by atoms with E-state index in [1.54, 1.807) is 41.5 Å². The van der Waals surface area contributed by atoms with Crippen LogP contribution in [0.25, 0.3) is 0 Å². The first kappa shape index (κ1) is 23.9. The van der Waals surface area contributed by atoms with Crippen LogP contribution in [0.15, 0.2) is 24.3 Å². The van der Waals surface area contributed by atoms with Crippen LogP contribution in [0, 0.1) is 10.1 Å². The summed E-state index contributed by atoms with van der Waals surface area (Å²) in [5.74, 6) is -1.66. The standard InChI is InChI=1S/C19H26N2O8/c1-18(2,3)28-15(22)11-14(20-17(24)29-19(4,5)6)16(23)27-13-9-7-12(8-10-13)21(25)26/h7-10,14H,11H2,1-6H3,(H,20,24)/t14-/m0/s1. The predicted octanol–water partition coefficient (Wildman–Crippen LogP) is 3.13. The highest BCUT2D eigenvalue weighted by Gasteiger charge is 2.30. The fraction of sp³-hybridized carbons (Fsp3) is 0.526. The van der Waals surface area contributed by atoms with Crippen molar-refractivity contribution in [2.24, 2.45) is 0 Å². The van der Waals surface area contributed by atoms with E-state index in [1.807, 2.05) is 0 Å². The summed E-state index contributed by atoms with van der Waals surface area (Å²) in [4.78, 5) is 46.8. The Morgan fingerprint density at radius 2 is 1.52 bits per heavy atom. The van der Waals surface area contributed by atoms with Gasteiger partial charge in [0, 0.05) is 12.1 Å². The zero-order valence-corrected chi connectivity index (χ0v) is 17.3. The lowest BCUT2D eigenvalue weighted by Crippen LogP contribution is -2.46. The first-order valence-corrected chi connectivity index (χ1v) is 8.84. The topological polar surface area (TPSA) is 134 Å². The quantitative estimate of drug-likeness (QED) is 0.327. The van der Waals surface area contributed by atoms with Gasteiger partial charge in [-0.2, -0.15) is 0 Å². The summed E-state index contributed by atoms with van der Waals surface area (Å²) in [6.45, 7) is 9.92. The molecule has 0 bridgehead atoms. The van der Waals surface area contributed by atoms with Gasteiger partial charge in [0.2, 0.25) is 0 Å². The maximum atomic E-state index is 12.5. The molecule has 0 saturated carbocycles. The molecule has 1 atom stereocenters. The summed E-state index contributed by atoms with van der Waals surface area (Å²) in [7, 11) is 0. The van der Waals surface area contributed by atoms with Crippen LogP contribution < -0.4 is 10.1 Å². The number of hydrogen-bond donors (Lipinski definition) is 1. The lowest BCUT2D eigenvalue weighted by atomic mass is 10.1. The van der Waals surface area contributed by atoms with Crippen LogP contribution in [0.1, 0.15) is 48.0 Å². The molecule has 1 rings (SSSR count). The molecule has 0 radical (unpaired) electrons. The lowest BCUT2D eigenvalue weighted by Gasteiger charge is -2.24. The Morgan fingerprint density at radius 3 is 1.97 bits per heavy atom. The van der Waals surface area contributed by atoms with Crippen molar-refractivity contribution in [1.82, 2.24) is 5.32 Å². The molecule has 0 heterocycles. The van der Waals surface area contributed by atoms with Gasteiger partial charge >= 0.3 is 18.0 Å². The molecule has 0 aliphatic carbocycles. The highest BCUT2D eigenvalue weighted by Crippen LogP contribution is 2.18. The highest BCUT2D eigenvalue weighted by atomic mass is 16.6. The number of nitrogens with zero attached hydrogens (tertiary/aromatic N) is 1. The van der Waals surface area contributed by atoms with Gasteiger partial charge in [0.1, 0.15) is 23.0 Å². The van der Waals surface area contributed by atoms with Gasteiger partial charge in [-0.15, -0.1) is 0 Å². The average Bonchev–Trinajstić information content (AvgIpc) is 2.51. The normalized spacial score (nSPS) is 12.5. The van der Waals surface area contributed by atoms with E-state index >= 15 is 0 Å². The Kier molecular flexibility index (Phi) is 7.70. The van der Waals surface area contributed by atoms with Crippen LogP contribution in [-0.2, 0) is 19.1 Å². The number of nitrogens with one attached hydrogen (secondary N) is 1. The Labute approximate surface area is 168 Å². The molecule has 1 N–H and O–H groups in total. The Bertz CT molecular complexity index is 730. The van der Waals surface area contributed by atoms with E-state index in [0.29, 0.717) is 0 Å². The molecule has 0 aromatic heterocycles. The lowest BCUT2D eigenvalue weighted by molar-refractivity contribution is -0.384. The molecular formula is C19H26N2O8. The first-order chi connectivity index (χ1) is 13.2. The number of hydrogen-bond acceptors (Lipinski definition) is 8. The SMILES string of the molecule is CC(C)(C)OC(=O)C[C@H](NC(=O)OC(C)(C)C)C(=O)Oc1ccc([N+](=O)[O-])cc1. The second-order valence-corrected chi connectivity index (χ2v) is 8.16. The van der Waals surface area contributed by atoms with Gasteiger partial charge in [-0.1, -0.05) is 0 Å². The van der Waals surface area contributed by atoms with E-state index in [9.17, 15) is 24.5 Å². The van der Waals surface area contributed by atoms with Gasteiger partial charge in [-0.3, -0.25) is 14.9 Å². The second kappa shape index (κ2) is 9.35. The van der Waals surface area contributed by atoms with Crippen molar-refractivity contribution in [1.29, 1.82) is 0 Å². The minimum Gasteiger partial charge on any atom is -0.460 e. The Morgan fingerprint density at radius 1 is 1.00 bits per heavy atom. The molecule has 10 nitrogen and oxygen atoms in total. The van der Waals surface area contributed by atoms with Crippen LogP contribution in [0.4, 0.5) is 10.5 Å². The van der Waals surface area contributed by atoms with Crippen LogP contribution >= 0.6 is 0 Å². The fourth-order valence-corrected chi connectivity index (χ4v) is 2.02. The summed E-state index contributed by atoms with van der Waals surface area (Å²) in [6, 6.07) is 3.40. The predicted molar refractivity (Wildman–Crippen MR) is 102 cm³/mol. The zero-order valence-electron chi connectivity index (χ0n) is 17.3. The number of rotatable bonds is 6. The molecule has 1 amide bonds. The monoisotopic (exact) mass is 410 g/mol. The van der Waals surface area contributed by atoms with E-state index in [1.165, 1.54) is 12.1 Å². The molecular weight excluding hydrogens is 384 g/mol. The molecule has 0 unspecified atom stereocenters. The Balaban J connectivity index is 2.92. The van der Waals surface area contributed by atoms with Crippen molar-refractivity contribution in [3.05, 3.63) is 34.4 Å². The number of alkyl carbamates (subject to hydrolysis) is 1. The number of nitro benzene ring substituents is 1. The number of carbonyl (C=O) groups excluding carboxylic acids is 3. The Hall–Kier alpha value is -3.17. The molecule has 1 aromatic rings. The highest BCUT2D eigenvalue weighted by molar-refractivity contribution is 5.87. The average molecular weight is 410 g/mol. The van der Waals surface area contributed by atoms with Crippen LogP contribution in [0.2, 0.25) is 0 Å². The molecule has 0 aliphatic heterocycles. The van der Waals surface area contributed by atoms with E-state index in [0.717, 1.165) is 12.1 Å². The zero-order chi connectivity index (χ0) is 22.4. The van der Waals surface area contributed by atoms with Gasteiger partial charge in [-0.25, -0.2) is 9.59 Å². The molecule has 0 spiro atoms. The van der Waals surface area contributed by atoms with Crippen molar-refractivity contribution < 1.29 is 33.5 Å². The molecule has 10 heteroatoms. The summed E-state index contributed by atoms with van der Waals surface area (Å²) in [6.07, 6.45) is -1.39. The van der Waals surface area contributed by atoms with Crippen LogP contribution in [-0.4, -0.2) is 40.2 Å². The third kappa shape index (κ3) is 9.54. The van der Waals surface area contributed by atoms with E-state index < -0.39 is 46.6 Å². The minimum absolute atomic E-state index is 0.0146. The van der Waals surface area contributed by atoms with Crippen molar-refractivity contribution in [3.63, 3.8) is 0 Å². The molecule has 160 valence electrons. The summed E-state index contributed by atoms with van der Waals surface area (Å²) in [5, 5.41) is 13.0. The van der Waals surface area contributed by atoms with Crippen molar-refractivity contribution in [2.75, 3.05) is 0 Å². The smallest absolute Gasteiger partial charge is 0.408 e. The van der Waals surface area contributed by atoms with Crippen molar-refractivity contribution in [3.8, 4) is 5.75 Å². The summed E-state index contributed by atoms with van der Waals surface area (Å²) < 4.78 is 15.4. The number of carbonyl (C=O) groups is 3. The second-order valence-electron chi connectivity index (χ2n) is 8.16. The summed E-state index contributed by atoms with van der Waals surface area (Å²) >= 11 is 0. The van der Waals surface area contributed by atoms with E-state index in [2.05, 4.69) is 5.32 Å². The number of non-ortho nitro benzene ring substituents is 1. The maximum absolute atomic E-state index is 12.5. The van der Waals surface area contributed by atoms with Gasteiger partial charge < -0.3 is 19.5 Å². The molecule has 1 aromatic carbocycles. The van der Waals surface area contributed by atoms with Crippen LogP contribution in [0.5, 0.6) is 5.75 Å². The molecule has 0 saturated heterocycles. The molecule has 29 heavy (non-hydrogen) atoms.